The number of halogens is 2. The monoisotopic (exact) mass is 554 g/mol. The number of aliphatic hydroxyl groups is 1. The smallest absolute Gasteiger partial charge is 0.407 e. The number of carbonyl (C=O) groups is 1. The molecule has 1 amide bonds. The number of aromatic nitrogens is 2. The summed E-state index contributed by atoms with van der Waals surface area (Å²) in [7, 11) is -4.03. The molecule has 0 fully saturated rings. The summed E-state index contributed by atoms with van der Waals surface area (Å²) in [4.78, 5) is 15.9. The van der Waals surface area contributed by atoms with E-state index >= 15 is 0 Å². The van der Waals surface area contributed by atoms with Crippen molar-refractivity contribution in [1.82, 2.24) is 14.9 Å². The fourth-order valence-electron chi connectivity index (χ4n) is 3.62. The molecule has 0 saturated heterocycles. The van der Waals surface area contributed by atoms with Crippen LogP contribution in [0.1, 0.15) is 25.3 Å². The molecule has 0 aliphatic carbocycles. The molecule has 0 spiro atoms. The highest BCUT2D eigenvalue weighted by Crippen LogP contribution is 2.33. The molecule has 0 aliphatic rings. The molecule has 2 N–H and O–H groups in total. The minimum Gasteiger partial charge on any atom is -0.450 e. The van der Waals surface area contributed by atoms with E-state index in [1.807, 2.05) is 4.57 Å². The maximum Gasteiger partial charge on any atom is 0.407 e. The Morgan fingerprint density at radius 3 is 2.58 bits per heavy atom. The van der Waals surface area contributed by atoms with Gasteiger partial charge >= 0.3 is 6.09 Å². The highest BCUT2D eigenvalue weighted by Gasteiger charge is 2.31. The van der Waals surface area contributed by atoms with Crippen molar-refractivity contribution in [1.29, 1.82) is 0 Å². The number of amides is 1. The van der Waals surface area contributed by atoms with Crippen LogP contribution in [0.5, 0.6) is 0 Å². The zero-order chi connectivity index (χ0) is 26.1. The van der Waals surface area contributed by atoms with Crippen LogP contribution in [0, 0.1) is 0 Å². The molecule has 3 aromatic rings. The Balaban J connectivity index is 1.68. The van der Waals surface area contributed by atoms with Crippen molar-refractivity contribution in [2.24, 2.45) is 0 Å². The summed E-state index contributed by atoms with van der Waals surface area (Å²) in [6.45, 7) is 2.45. The van der Waals surface area contributed by atoms with Gasteiger partial charge in [-0.15, -0.1) is 0 Å². The van der Waals surface area contributed by atoms with Crippen LogP contribution in [-0.4, -0.2) is 48.4 Å². The predicted octanol–water partition coefficient (Wildman–Crippen LogP) is 4.47. The fourth-order valence-corrected chi connectivity index (χ4v) is 5.63. The van der Waals surface area contributed by atoms with Crippen LogP contribution in [0.15, 0.2) is 66.1 Å². The maximum atomic E-state index is 13.7. The largest absolute Gasteiger partial charge is 0.450 e. The molecular formula is C24H28Cl2N4O5S. The molecule has 2 aromatic carbocycles. The first-order chi connectivity index (χ1) is 17.2. The van der Waals surface area contributed by atoms with E-state index in [-0.39, 0.29) is 23.8 Å². The van der Waals surface area contributed by atoms with Crippen LogP contribution in [-0.2, 0) is 27.9 Å². The number of hydrogen-bond acceptors (Lipinski definition) is 6. The number of sulfonamides is 1. The van der Waals surface area contributed by atoms with Gasteiger partial charge in [0.1, 0.15) is 0 Å². The second kappa shape index (κ2) is 13.0. The van der Waals surface area contributed by atoms with Crippen molar-refractivity contribution in [3.63, 3.8) is 0 Å². The van der Waals surface area contributed by atoms with E-state index in [0.29, 0.717) is 41.5 Å². The summed E-state index contributed by atoms with van der Waals surface area (Å²) in [5, 5.41) is 13.3. The van der Waals surface area contributed by atoms with Crippen molar-refractivity contribution in [3.05, 3.63) is 76.8 Å². The topological polar surface area (TPSA) is 114 Å². The van der Waals surface area contributed by atoms with Crippen LogP contribution in [0.25, 0.3) is 0 Å². The van der Waals surface area contributed by atoms with Crippen LogP contribution >= 0.6 is 23.2 Å². The molecule has 0 bridgehead atoms. The van der Waals surface area contributed by atoms with Gasteiger partial charge in [0.2, 0.25) is 0 Å². The Bertz CT molecular complexity index is 1240. The minimum absolute atomic E-state index is 0.0520. The Morgan fingerprint density at radius 1 is 1.19 bits per heavy atom. The van der Waals surface area contributed by atoms with Gasteiger partial charge in [-0.05, 0) is 56.2 Å². The molecule has 3 rings (SSSR count). The quantitative estimate of drug-likeness (QED) is 0.319. The minimum atomic E-state index is -4.03. The molecule has 1 unspecified atom stereocenters. The third-order valence-electron chi connectivity index (χ3n) is 5.42. The summed E-state index contributed by atoms with van der Waals surface area (Å²) in [6, 6.07) is 10.0. The number of imidazole rings is 1. The van der Waals surface area contributed by atoms with E-state index in [2.05, 4.69) is 10.3 Å². The number of benzene rings is 2. The molecule has 1 heterocycles. The second-order valence-corrected chi connectivity index (χ2v) is 10.7. The third-order valence-corrected chi connectivity index (χ3v) is 7.85. The predicted molar refractivity (Wildman–Crippen MR) is 139 cm³/mol. The van der Waals surface area contributed by atoms with Crippen LogP contribution in [0.2, 0.25) is 10.0 Å². The molecule has 12 heteroatoms. The Labute approximate surface area is 220 Å². The molecule has 0 radical (unpaired) electrons. The second-order valence-electron chi connectivity index (χ2n) is 8.04. The number of ether oxygens (including phenoxy) is 1. The van der Waals surface area contributed by atoms with Crippen LogP contribution < -0.4 is 9.62 Å². The van der Waals surface area contributed by atoms with Gasteiger partial charge in [0.25, 0.3) is 10.0 Å². The van der Waals surface area contributed by atoms with Crippen LogP contribution in [0.3, 0.4) is 0 Å². The lowest BCUT2D eigenvalue weighted by Gasteiger charge is -2.32. The highest BCUT2D eigenvalue weighted by atomic mass is 35.5. The highest BCUT2D eigenvalue weighted by molar-refractivity contribution is 7.92. The molecule has 36 heavy (non-hydrogen) atoms. The normalized spacial score (nSPS) is 12.2. The number of carbonyl (C=O) groups excluding carboxylic acids is 1. The SMILES string of the molecule is CC(CCCOC(=O)NCCn1ccnc1)N(c1cc(Cl)ccc1CO)S(=O)(=O)c1ccc(Cl)cc1. The lowest BCUT2D eigenvalue weighted by Crippen LogP contribution is -2.39. The van der Waals surface area contributed by atoms with E-state index < -0.39 is 22.2 Å². The first kappa shape index (κ1) is 27.8. The summed E-state index contributed by atoms with van der Waals surface area (Å²) < 4.78 is 35.7. The number of alkyl carbamates (subject to hydrolysis) is 1. The van der Waals surface area contributed by atoms with Gasteiger partial charge < -0.3 is 19.7 Å². The van der Waals surface area contributed by atoms with Crippen molar-refractivity contribution in [2.45, 2.75) is 43.9 Å². The molecule has 0 saturated carbocycles. The van der Waals surface area contributed by atoms with Gasteiger partial charge in [-0.25, -0.2) is 18.2 Å². The number of hydrogen-bond donors (Lipinski definition) is 2. The van der Waals surface area contributed by atoms with Gasteiger partial charge in [0, 0.05) is 47.1 Å². The average molecular weight is 555 g/mol. The first-order valence-corrected chi connectivity index (χ1v) is 13.5. The number of aliphatic hydroxyl groups excluding tert-OH is 1. The van der Waals surface area contributed by atoms with E-state index in [0.717, 1.165) is 0 Å². The Morgan fingerprint density at radius 2 is 1.92 bits per heavy atom. The molecular weight excluding hydrogens is 527 g/mol. The number of rotatable bonds is 12. The Kier molecular flexibility index (Phi) is 10.0. The molecule has 194 valence electrons. The van der Waals surface area contributed by atoms with Crippen molar-refractivity contribution in [3.8, 4) is 0 Å². The standard InChI is InChI=1S/C24H28Cl2N4O5S/c1-18(3-2-14-35-24(32)28-11-13-29-12-10-27-17-29)30(23-15-21(26)5-4-19(23)16-31)36(33,34)22-8-6-20(25)7-9-22/h4-10,12,15,17-18,31H,2-3,11,13-14,16H2,1H3,(H,28,32). The molecule has 9 nitrogen and oxygen atoms in total. The van der Waals surface area contributed by atoms with Gasteiger partial charge in [-0.3, -0.25) is 4.31 Å². The maximum absolute atomic E-state index is 13.7. The van der Waals surface area contributed by atoms with Gasteiger partial charge in [-0.2, -0.15) is 0 Å². The van der Waals surface area contributed by atoms with Crippen molar-refractivity contribution in [2.75, 3.05) is 17.5 Å². The third kappa shape index (κ3) is 7.36. The van der Waals surface area contributed by atoms with Crippen molar-refractivity contribution < 1.29 is 23.1 Å². The van der Waals surface area contributed by atoms with E-state index in [9.17, 15) is 18.3 Å². The zero-order valence-electron chi connectivity index (χ0n) is 19.7. The summed E-state index contributed by atoms with van der Waals surface area (Å²) in [5.41, 5.74) is 0.697. The van der Waals surface area contributed by atoms with Gasteiger partial charge in [0.05, 0.1) is 30.1 Å². The lowest BCUT2D eigenvalue weighted by molar-refractivity contribution is 0.143. The Hall–Kier alpha value is -2.79. The number of nitrogens with one attached hydrogen (secondary N) is 1. The fraction of sp³-hybridized carbons (Fsp3) is 0.333. The van der Waals surface area contributed by atoms with Gasteiger partial charge in [0.15, 0.2) is 0 Å². The number of anilines is 1. The zero-order valence-corrected chi connectivity index (χ0v) is 22.0. The average Bonchev–Trinajstić information content (AvgIpc) is 3.36. The van der Waals surface area contributed by atoms with Crippen molar-refractivity contribution >= 4 is 45.0 Å². The molecule has 0 aliphatic heterocycles. The summed E-state index contributed by atoms with van der Waals surface area (Å²) >= 11 is 12.1. The van der Waals surface area contributed by atoms with E-state index in [1.54, 1.807) is 37.8 Å². The van der Waals surface area contributed by atoms with Crippen LogP contribution in [0.4, 0.5) is 10.5 Å². The molecule has 1 atom stereocenters. The first-order valence-electron chi connectivity index (χ1n) is 11.3. The number of nitrogens with zero attached hydrogens (tertiary/aromatic N) is 3. The van der Waals surface area contributed by atoms with E-state index in [4.69, 9.17) is 27.9 Å². The molecule has 1 aromatic heterocycles. The summed E-state index contributed by atoms with van der Waals surface area (Å²) in [6.07, 6.45) is 5.35. The summed E-state index contributed by atoms with van der Waals surface area (Å²) in [5.74, 6) is 0. The van der Waals surface area contributed by atoms with Gasteiger partial charge in [-0.1, -0.05) is 29.3 Å². The van der Waals surface area contributed by atoms with E-state index in [1.165, 1.54) is 34.6 Å². The lowest BCUT2D eigenvalue weighted by atomic mass is 10.1.